The molecular formula is C14H18O4S. The van der Waals surface area contributed by atoms with Crippen molar-refractivity contribution in [2.45, 2.75) is 24.7 Å². The Hall–Kier alpha value is -0.910. The zero-order chi connectivity index (χ0) is 13.5. The first kappa shape index (κ1) is 13.1. The Morgan fingerprint density at radius 2 is 1.89 bits per heavy atom. The van der Waals surface area contributed by atoms with Crippen molar-refractivity contribution < 1.29 is 17.3 Å². The molecule has 1 aromatic carbocycles. The fraction of sp³-hybridized carbons (Fsp3) is 0.571. The Kier molecular flexibility index (Phi) is 3.15. The molecule has 1 aliphatic carbocycles. The molecule has 1 spiro atoms. The van der Waals surface area contributed by atoms with Crippen molar-refractivity contribution in [3.05, 3.63) is 29.8 Å². The van der Waals surface area contributed by atoms with Gasteiger partial charge >= 0.3 is 0 Å². The average molecular weight is 282 g/mol. The van der Waals surface area contributed by atoms with Gasteiger partial charge < -0.3 is 4.74 Å². The molecule has 0 N–H and O–H groups in total. The van der Waals surface area contributed by atoms with Gasteiger partial charge in [0, 0.05) is 5.41 Å². The van der Waals surface area contributed by atoms with Crippen LogP contribution < -0.4 is 0 Å². The minimum atomic E-state index is -3.61. The molecule has 0 radical (unpaired) electrons. The van der Waals surface area contributed by atoms with Crippen molar-refractivity contribution >= 4 is 10.1 Å². The topological polar surface area (TPSA) is 52.6 Å². The summed E-state index contributed by atoms with van der Waals surface area (Å²) in [4.78, 5) is 0.235. The van der Waals surface area contributed by atoms with E-state index >= 15 is 0 Å². The highest BCUT2D eigenvalue weighted by atomic mass is 32.2. The lowest BCUT2D eigenvalue weighted by atomic mass is 9.61. The van der Waals surface area contributed by atoms with Gasteiger partial charge in [-0.15, -0.1) is 0 Å². The van der Waals surface area contributed by atoms with E-state index in [0.717, 1.165) is 31.6 Å². The second-order valence-electron chi connectivity index (χ2n) is 5.82. The number of hydrogen-bond acceptors (Lipinski definition) is 4. The van der Waals surface area contributed by atoms with Crippen LogP contribution in [0.3, 0.4) is 0 Å². The quantitative estimate of drug-likeness (QED) is 0.794. The normalized spacial score (nSPS) is 21.9. The molecule has 0 aromatic heterocycles. The van der Waals surface area contributed by atoms with Crippen LogP contribution in [0.1, 0.15) is 18.4 Å². The summed E-state index contributed by atoms with van der Waals surface area (Å²) in [6.07, 6.45) is 2.05. The lowest BCUT2D eigenvalue weighted by Gasteiger charge is -2.53. The summed E-state index contributed by atoms with van der Waals surface area (Å²) in [5.41, 5.74) is 1.38. The van der Waals surface area contributed by atoms with Crippen LogP contribution in [0.4, 0.5) is 0 Å². The van der Waals surface area contributed by atoms with Crippen LogP contribution in [0, 0.1) is 18.3 Å². The van der Waals surface area contributed by atoms with E-state index in [1.54, 1.807) is 24.3 Å². The zero-order valence-corrected chi connectivity index (χ0v) is 11.8. The number of hydrogen-bond donors (Lipinski definition) is 0. The summed E-state index contributed by atoms with van der Waals surface area (Å²) in [6, 6.07) is 6.74. The summed E-state index contributed by atoms with van der Waals surface area (Å²) in [6.45, 7) is 3.87. The Balaban J connectivity index is 1.55. The van der Waals surface area contributed by atoms with E-state index < -0.39 is 10.1 Å². The van der Waals surface area contributed by atoms with Crippen molar-refractivity contribution in [1.82, 2.24) is 0 Å². The van der Waals surface area contributed by atoms with Gasteiger partial charge in [0.1, 0.15) is 0 Å². The molecule has 0 unspecified atom stereocenters. The largest absolute Gasteiger partial charge is 0.380 e. The second kappa shape index (κ2) is 4.58. The predicted molar refractivity (Wildman–Crippen MR) is 70.3 cm³/mol. The monoisotopic (exact) mass is 282 g/mol. The van der Waals surface area contributed by atoms with E-state index in [9.17, 15) is 8.42 Å². The molecule has 104 valence electrons. The van der Waals surface area contributed by atoms with Gasteiger partial charge in [-0.3, -0.25) is 4.18 Å². The maximum atomic E-state index is 12.0. The van der Waals surface area contributed by atoms with Gasteiger partial charge in [0.2, 0.25) is 0 Å². The van der Waals surface area contributed by atoms with Crippen LogP contribution in [0.5, 0.6) is 0 Å². The fourth-order valence-electron chi connectivity index (χ4n) is 2.87. The Morgan fingerprint density at radius 3 is 2.42 bits per heavy atom. The van der Waals surface area contributed by atoms with Crippen molar-refractivity contribution in [2.24, 2.45) is 11.3 Å². The molecule has 4 nitrogen and oxygen atoms in total. The van der Waals surface area contributed by atoms with E-state index in [1.807, 2.05) is 6.92 Å². The van der Waals surface area contributed by atoms with Crippen LogP contribution in [-0.4, -0.2) is 28.2 Å². The van der Waals surface area contributed by atoms with Crippen LogP contribution in [0.25, 0.3) is 0 Å². The lowest BCUT2D eigenvalue weighted by molar-refractivity contribution is -0.182. The number of benzene rings is 1. The third-order valence-corrected chi connectivity index (χ3v) is 5.32. The minimum absolute atomic E-state index is 0.235. The summed E-state index contributed by atoms with van der Waals surface area (Å²) in [5, 5.41) is 0. The van der Waals surface area contributed by atoms with Crippen LogP contribution in [-0.2, 0) is 19.0 Å². The van der Waals surface area contributed by atoms with Crippen molar-refractivity contribution in [3.63, 3.8) is 0 Å². The first-order valence-electron chi connectivity index (χ1n) is 6.53. The summed E-state index contributed by atoms with van der Waals surface area (Å²) in [7, 11) is -3.61. The Bertz CT molecular complexity index is 550. The third kappa shape index (κ3) is 2.55. The third-order valence-electron chi connectivity index (χ3n) is 4.03. The molecule has 1 aliphatic heterocycles. The molecule has 2 fully saturated rings. The molecule has 1 saturated carbocycles. The average Bonchev–Trinajstić information content (AvgIpc) is 2.25. The predicted octanol–water partition coefficient (Wildman–Crippen LogP) is 2.13. The molecule has 0 atom stereocenters. The molecule has 1 heterocycles. The summed E-state index contributed by atoms with van der Waals surface area (Å²) < 4.78 is 34.3. The smallest absolute Gasteiger partial charge is 0.296 e. The Morgan fingerprint density at radius 1 is 1.26 bits per heavy atom. The Labute approximate surface area is 113 Å². The van der Waals surface area contributed by atoms with Crippen LogP contribution >= 0.6 is 0 Å². The molecule has 5 heteroatoms. The van der Waals surface area contributed by atoms with Crippen LogP contribution in [0.15, 0.2) is 29.2 Å². The van der Waals surface area contributed by atoms with Crippen LogP contribution in [0.2, 0.25) is 0 Å². The molecule has 3 rings (SSSR count). The summed E-state index contributed by atoms with van der Waals surface area (Å²) in [5.74, 6) is 0.351. The van der Waals surface area contributed by atoms with Gasteiger partial charge in [-0.1, -0.05) is 17.7 Å². The van der Waals surface area contributed by atoms with E-state index in [4.69, 9.17) is 8.92 Å². The van der Waals surface area contributed by atoms with Gasteiger partial charge in [0.15, 0.2) is 0 Å². The van der Waals surface area contributed by atoms with E-state index in [2.05, 4.69) is 0 Å². The highest BCUT2D eigenvalue weighted by molar-refractivity contribution is 7.86. The van der Waals surface area contributed by atoms with Gasteiger partial charge in [-0.25, -0.2) is 0 Å². The molecule has 0 amide bonds. The maximum Gasteiger partial charge on any atom is 0.296 e. The number of ether oxygens (including phenoxy) is 1. The SMILES string of the molecule is Cc1ccc(S(=O)(=O)OCC2CC3(COC3)C2)cc1. The van der Waals surface area contributed by atoms with E-state index in [1.165, 1.54) is 0 Å². The van der Waals surface area contributed by atoms with Crippen molar-refractivity contribution in [1.29, 1.82) is 0 Å². The first-order chi connectivity index (χ1) is 8.99. The van der Waals surface area contributed by atoms with Gasteiger partial charge in [-0.2, -0.15) is 8.42 Å². The zero-order valence-electron chi connectivity index (χ0n) is 11.0. The number of rotatable bonds is 4. The highest BCUT2D eigenvalue weighted by Crippen LogP contribution is 2.50. The molecular weight excluding hydrogens is 264 g/mol. The lowest BCUT2D eigenvalue weighted by Crippen LogP contribution is -2.53. The van der Waals surface area contributed by atoms with Gasteiger partial charge in [0.05, 0.1) is 24.7 Å². The first-order valence-corrected chi connectivity index (χ1v) is 7.94. The number of aryl methyl sites for hydroxylation is 1. The van der Waals surface area contributed by atoms with Gasteiger partial charge in [-0.05, 0) is 37.8 Å². The second-order valence-corrected chi connectivity index (χ2v) is 7.43. The molecule has 2 aliphatic rings. The molecule has 0 bridgehead atoms. The van der Waals surface area contributed by atoms with E-state index in [-0.39, 0.29) is 11.5 Å². The van der Waals surface area contributed by atoms with Gasteiger partial charge in [0.25, 0.3) is 10.1 Å². The van der Waals surface area contributed by atoms with Crippen molar-refractivity contribution in [2.75, 3.05) is 19.8 Å². The standard InChI is InChI=1S/C14H18O4S/c1-11-2-4-13(5-3-11)19(15,16)18-8-12-6-14(7-12)9-17-10-14/h2-5,12H,6-10H2,1H3. The fourth-order valence-corrected chi connectivity index (χ4v) is 3.85. The van der Waals surface area contributed by atoms with Crippen molar-refractivity contribution in [3.8, 4) is 0 Å². The van der Waals surface area contributed by atoms with E-state index in [0.29, 0.717) is 11.3 Å². The minimum Gasteiger partial charge on any atom is -0.380 e. The molecule has 19 heavy (non-hydrogen) atoms. The summed E-state index contributed by atoms with van der Waals surface area (Å²) >= 11 is 0. The highest BCUT2D eigenvalue weighted by Gasteiger charge is 2.49. The maximum absolute atomic E-state index is 12.0. The molecule has 1 saturated heterocycles. The molecule has 1 aromatic rings.